The van der Waals surface area contributed by atoms with Gasteiger partial charge in [0.1, 0.15) is 5.25 Å². The number of aromatic nitrogens is 4. The number of benzene rings is 1. The number of hydrogen-bond donors (Lipinski definition) is 0. The molecule has 2 atom stereocenters. The SMILES string of the molecule is COC(=O)[C@@H](Sc1nc2nc(C)cc(C)n2n1)[C@@H](C)c1ccccc1. The number of aryl methyl sites for hydroxylation is 2. The summed E-state index contributed by atoms with van der Waals surface area (Å²) in [6.07, 6.45) is 0. The van der Waals surface area contributed by atoms with Crippen molar-refractivity contribution >= 4 is 23.5 Å². The van der Waals surface area contributed by atoms with E-state index in [0.717, 1.165) is 17.0 Å². The van der Waals surface area contributed by atoms with Gasteiger partial charge in [-0.15, -0.1) is 5.10 Å². The van der Waals surface area contributed by atoms with Crippen LogP contribution in [0.1, 0.15) is 29.8 Å². The van der Waals surface area contributed by atoms with Crippen LogP contribution in [0.5, 0.6) is 0 Å². The van der Waals surface area contributed by atoms with E-state index in [1.165, 1.54) is 18.9 Å². The summed E-state index contributed by atoms with van der Waals surface area (Å²) in [4.78, 5) is 21.2. The van der Waals surface area contributed by atoms with Crippen molar-refractivity contribution in [3.63, 3.8) is 0 Å². The van der Waals surface area contributed by atoms with Gasteiger partial charge in [-0.3, -0.25) is 4.79 Å². The van der Waals surface area contributed by atoms with Crippen LogP contribution >= 0.6 is 11.8 Å². The Balaban J connectivity index is 1.93. The molecule has 0 N–H and O–H groups in total. The van der Waals surface area contributed by atoms with Crippen LogP contribution in [0.15, 0.2) is 41.6 Å². The fourth-order valence-corrected chi connectivity index (χ4v) is 3.76. The van der Waals surface area contributed by atoms with Gasteiger partial charge < -0.3 is 4.74 Å². The molecule has 0 aliphatic heterocycles. The second-order valence-electron chi connectivity index (χ2n) is 5.91. The molecule has 0 saturated heterocycles. The van der Waals surface area contributed by atoms with E-state index in [9.17, 15) is 4.79 Å². The van der Waals surface area contributed by atoms with Gasteiger partial charge in [-0.1, -0.05) is 49.0 Å². The van der Waals surface area contributed by atoms with Crippen LogP contribution < -0.4 is 0 Å². The summed E-state index contributed by atoms with van der Waals surface area (Å²) in [6, 6.07) is 11.8. The normalized spacial score (nSPS) is 13.6. The zero-order chi connectivity index (χ0) is 18.0. The largest absolute Gasteiger partial charge is 0.468 e. The summed E-state index contributed by atoms with van der Waals surface area (Å²) in [5, 5.41) is 4.56. The average molecular weight is 356 g/mol. The molecule has 0 fully saturated rings. The molecular formula is C18H20N4O2S. The van der Waals surface area contributed by atoms with Crippen LogP contribution in [-0.2, 0) is 9.53 Å². The van der Waals surface area contributed by atoms with E-state index in [1.54, 1.807) is 4.52 Å². The lowest BCUT2D eigenvalue weighted by atomic mass is 9.97. The van der Waals surface area contributed by atoms with Gasteiger partial charge in [-0.2, -0.15) is 4.98 Å². The van der Waals surface area contributed by atoms with Crippen LogP contribution in [-0.4, -0.2) is 37.9 Å². The molecule has 0 radical (unpaired) electrons. The minimum atomic E-state index is -0.439. The zero-order valence-electron chi connectivity index (χ0n) is 14.6. The quantitative estimate of drug-likeness (QED) is 0.517. The van der Waals surface area contributed by atoms with E-state index in [1.807, 2.05) is 57.2 Å². The van der Waals surface area contributed by atoms with E-state index in [0.29, 0.717) is 10.9 Å². The molecular weight excluding hydrogens is 336 g/mol. The molecule has 6 nitrogen and oxygen atoms in total. The van der Waals surface area contributed by atoms with Crippen LogP contribution in [0, 0.1) is 13.8 Å². The van der Waals surface area contributed by atoms with Crippen LogP contribution in [0.4, 0.5) is 0 Å². The molecule has 0 spiro atoms. The predicted molar refractivity (Wildman–Crippen MR) is 96.8 cm³/mol. The molecule has 130 valence electrons. The minimum Gasteiger partial charge on any atom is -0.468 e. The highest BCUT2D eigenvalue weighted by atomic mass is 32.2. The lowest BCUT2D eigenvalue weighted by molar-refractivity contribution is -0.140. The lowest BCUT2D eigenvalue weighted by Gasteiger charge is -2.20. The number of ether oxygens (including phenoxy) is 1. The topological polar surface area (TPSA) is 69.4 Å². The second-order valence-corrected chi connectivity index (χ2v) is 7.01. The van der Waals surface area contributed by atoms with Gasteiger partial charge in [0.25, 0.3) is 5.78 Å². The number of rotatable bonds is 5. The van der Waals surface area contributed by atoms with E-state index < -0.39 is 5.25 Å². The van der Waals surface area contributed by atoms with Gasteiger partial charge in [0.2, 0.25) is 5.16 Å². The van der Waals surface area contributed by atoms with Crippen LogP contribution in [0.2, 0.25) is 0 Å². The summed E-state index contributed by atoms with van der Waals surface area (Å²) < 4.78 is 6.70. The first-order chi connectivity index (χ1) is 12.0. The molecule has 0 amide bonds. The molecule has 2 aromatic heterocycles. The number of esters is 1. The lowest BCUT2D eigenvalue weighted by Crippen LogP contribution is -2.25. The summed E-state index contributed by atoms with van der Waals surface area (Å²) in [6.45, 7) is 5.88. The highest BCUT2D eigenvalue weighted by molar-refractivity contribution is 8.00. The Kier molecular flexibility index (Phi) is 5.03. The molecule has 0 aliphatic carbocycles. The fourth-order valence-electron chi connectivity index (χ4n) is 2.71. The number of hydrogen-bond acceptors (Lipinski definition) is 6. The van der Waals surface area contributed by atoms with Crippen molar-refractivity contribution in [1.29, 1.82) is 0 Å². The number of nitrogens with zero attached hydrogens (tertiary/aromatic N) is 4. The minimum absolute atomic E-state index is 0.0407. The molecule has 3 rings (SSSR count). The van der Waals surface area contributed by atoms with Crippen molar-refractivity contribution in [3.05, 3.63) is 53.3 Å². The Hall–Kier alpha value is -2.41. The Morgan fingerprint density at radius 2 is 1.92 bits per heavy atom. The highest BCUT2D eigenvalue weighted by Crippen LogP contribution is 2.33. The van der Waals surface area contributed by atoms with E-state index in [-0.39, 0.29) is 11.9 Å². The molecule has 7 heteroatoms. The van der Waals surface area contributed by atoms with Crippen molar-refractivity contribution in [2.75, 3.05) is 7.11 Å². The standard InChI is InChI=1S/C18H20N4O2S/c1-11-10-12(2)22-17(19-11)20-18(21-22)25-15(16(23)24-4)13(3)14-8-6-5-7-9-14/h5-10,13,15H,1-4H3/t13-,15-/m0/s1. The van der Waals surface area contributed by atoms with Gasteiger partial charge >= 0.3 is 5.97 Å². The maximum atomic E-state index is 12.3. The average Bonchev–Trinajstić information content (AvgIpc) is 3.02. The molecule has 0 saturated carbocycles. The Morgan fingerprint density at radius 3 is 2.60 bits per heavy atom. The molecule has 3 aromatic rings. The van der Waals surface area contributed by atoms with E-state index in [2.05, 4.69) is 15.1 Å². The highest BCUT2D eigenvalue weighted by Gasteiger charge is 2.30. The Morgan fingerprint density at radius 1 is 1.20 bits per heavy atom. The Labute approximate surface area is 150 Å². The second kappa shape index (κ2) is 7.23. The summed E-state index contributed by atoms with van der Waals surface area (Å²) in [7, 11) is 1.40. The smallest absolute Gasteiger partial charge is 0.319 e. The van der Waals surface area contributed by atoms with Crippen LogP contribution in [0.25, 0.3) is 5.78 Å². The fraction of sp³-hybridized carbons (Fsp3) is 0.333. The van der Waals surface area contributed by atoms with Crippen molar-refractivity contribution < 1.29 is 9.53 Å². The maximum absolute atomic E-state index is 12.3. The van der Waals surface area contributed by atoms with Gasteiger partial charge in [-0.25, -0.2) is 9.50 Å². The monoisotopic (exact) mass is 356 g/mol. The van der Waals surface area contributed by atoms with Crippen molar-refractivity contribution in [2.24, 2.45) is 0 Å². The third kappa shape index (κ3) is 3.66. The Bertz CT molecular complexity index is 895. The number of thioether (sulfide) groups is 1. The molecule has 1 aromatic carbocycles. The summed E-state index contributed by atoms with van der Waals surface area (Å²) in [5.74, 6) is 0.207. The van der Waals surface area contributed by atoms with Gasteiger partial charge in [0, 0.05) is 17.3 Å². The van der Waals surface area contributed by atoms with E-state index >= 15 is 0 Å². The van der Waals surface area contributed by atoms with Crippen molar-refractivity contribution in [3.8, 4) is 0 Å². The summed E-state index contributed by atoms with van der Waals surface area (Å²) in [5.41, 5.74) is 2.91. The molecule has 25 heavy (non-hydrogen) atoms. The number of methoxy groups -OCH3 is 1. The van der Waals surface area contributed by atoms with Gasteiger partial charge in [0.15, 0.2) is 0 Å². The van der Waals surface area contributed by atoms with Crippen molar-refractivity contribution in [1.82, 2.24) is 19.6 Å². The summed E-state index contributed by atoms with van der Waals surface area (Å²) >= 11 is 1.31. The molecule has 0 aliphatic rings. The third-order valence-electron chi connectivity index (χ3n) is 4.04. The van der Waals surface area contributed by atoms with Crippen LogP contribution in [0.3, 0.4) is 0 Å². The first kappa shape index (κ1) is 17.4. The van der Waals surface area contributed by atoms with Gasteiger partial charge in [-0.05, 0) is 25.5 Å². The molecule has 2 heterocycles. The van der Waals surface area contributed by atoms with Crippen molar-refractivity contribution in [2.45, 2.75) is 37.1 Å². The maximum Gasteiger partial charge on any atom is 0.319 e. The van der Waals surface area contributed by atoms with E-state index in [4.69, 9.17) is 4.74 Å². The molecule has 0 unspecified atom stereocenters. The predicted octanol–water partition coefficient (Wildman–Crippen LogP) is 3.18. The first-order valence-electron chi connectivity index (χ1n) is 8.00. The first-order valence-corrected chi connectivity index (χ1v) is 8.88. The number of carbonyl (C=O) groups is 1. The zero-order valence-corrected chi connectivity index (χ0v) is 15.4. The van der Waals surface area contributed by atoms with Gasteiger partial charge in [0.05, 0.1) is 7.11 Å². The number of fused-ring (bicyclic) bond motifs is 1. The third-order valence-corrected chi connectivity index (χ3v) is 5.28. The molecule has 0 bridgehead atoms. The number of carbonyl (C=O) groups excluding carboxylic acids is 1.